The number of hydrogen-bond acceptors (Lipinski definition) is 6. The Kier molecular flexibility index (Phi) is 7.26. The Labute approximate surface area is 224 Å². The lowest BCUT2D eigenvalue weighted by Gasteiger charge is -2.40. The summed E-state index contributed by atoms with van der Waals surface area (Å²) >= 11 is 0. The number of amides is 2. The highest BCUT2D eigenvalue weighted by Crippen LogP contribution is 2.39. The molecule has 39 heavy (non-hydrogen) atoms. The van der Waals surface area contributed by atoms with Gasteiger partial charge in [-0.15, -0.1) is 0 Å². The van der Waals surface area contributed by atoms with Crippen LogP contribution in [0.1, 0.15) is 81.6 Å². The maximum Gasteiger partial charge on any atom is 0.390 e. The molecule has 2 saturated heterocycles. The number of anilines is 2. The van der Waals surface area contributed by atoms with E-state index in [0.717, 1.165) is 44.3 Å². The number of hydrogen-bond donors (Lipinski definition) is 3. The van der Waals surface area contributed by atoms with Crippen LogP contribution in [0.5, 0.6) is 0 Å². The van der Waals surface area contributed by atoms with Crippen molar-refractivity contribution < 1.29 is 27.6 Å². The molecule has 3 aliphatic rings. The highest BCUT2D eigenvalue weighted by atomic mass is 19.4. The zero-order valence-corrected chi connectivity index (χ0v) is 21.7. The van der Waals surface area contributed by atoms with Gasteiger partial charge in [-0.1, -0.05) is 0 Å². The van der Waals surface area contributed by atoms with Gasteiger partial charge in [-0.25, -0.2) is 4.98 Å². The van der Waals surface area contributed by atoms with Crippen LogP contribution in [-0.4, -0.2) is 53.4 Å². The average molecular weight is 544 g/mol. The average Bonchev–Trinajstić information content (AvgIpc) is 3.68. The number of fused-ring (bicyclic) bond motifs is 2. The van der Waals surface area contributed by atoms with Gasteiger partial charge >= 0.3 is 6.18 Å². The number of aromatic nitrogens is 1. The van der Waals surface area contributed by atoms with Crippen molar-refractivity contribution in [3.8, 4) is 0 Å². The van der Waals surface area contributed by atoms with Crippen LogP contribution in [0.3, 0.4) is 0 Å². The normalized spacial score (nSPS) is 22.5. The van der Waals surface area contributed by atoms with Gasteiger partial charge in [0.25, 0.3) is 11.8 Å². The van der Waals surface area contributed by atoms with Crippen molar-refractivity contribution in [2.45, 2.75) is 76.2 Å². The number of benzene rings is 1. The highest BCUT2D eigenvalue weighted by molar-refractivity contribution is 6.03. The second kappa shape index (κ2) is 10.5. The standard InChI is InChI=1S/C28H32F3N5O3/c1-15-10-22(26(32)38)23(33-9-8-28(29,30)31)13-21(15)27(39)35-18-11-19-5-6-20(12-18)36(19)24-7-4-17(14-34-24)25(37)16-2-3-16/h4,7,10,13-14,16,18-20,33H,2-3,5-6,8-9,11-12H2,1H3,(H2,32,38)(H,35,39)/t18?,19-,20+. The van der Waals surface area contributed by atoms with Crippen molar-refractivity contribution in [1.82, 2.24) is 10.3 Å². The first kappa shape index (κ1) is 27.0. The topological polar surface area (TPSA) is 117 Å². The second-order valence-electron chi connectivity index (χ2n) is 10.8. The molecule has 1 aromatic carbocycles. The molecule has 208 valence electrons. The number of rotatable bonds is 9. The number of halogens is 3. The van der Waals surface area contributed by atoms with Gasteiger partial charge in [0.1, 0.15) is 5.82 Å². The molecule has 0 spiro atoms. The predicted molar refractivity (Wildman–Crippen MR) is 140 cm³/mol. The number of pyridine rings is 1. The molecule has 3 heterocycles. The monoisotopic (exact) mass is 543 g/mol. The van der Waals surface area contributed by atoms with Crippen LogP contribution in [0.25, 0.3) is 0 Å². The molecule has 3 atom stereocenters. The first-order chi connectivity index (χ1) is 18.5. The van der Waals surface area contributed by atoms with Crippen LogP contribution < -0.4 is 21.3 Å². The van der Waals surface area contributed by atoms with E-state index in [1.165, 1.54) is 12.1 Å². The molecule has 1 aliphatic carbocycles. The Morgan fingerprint density at radius 2 is 1.74 bits per heavy atom. The lowest BCUT2D eigenvalue weighted by molar-refractivity contribution is -0.131. The van der Waals surface area contributed by atoms with Gasteiger partial charge in [0.2, 0.25) is 0 Å². The highest BCUT2D eigenvalue weighted by Gasteiger charge is 2.42. The van der Waals surface area contributed by atoms with Crippen LogP contribution in [0.2, 0.25) is 0 Å². The predicted octanol–water partition coefficient (Wildman–Crippen LogP) is 4.38. The first-order valence-electron chi connectivity index (χ1n) is 13.3. The Balaban J connectivity index is 1.25. The number of nitrogens with two attached hydrogens (primary N) is 1. The van der Waals surface area contributed by atoms with Crippen molar-refractivity contribution >= 4 is 29.1 Å². The minimum absolute atomic E-state index is 0.0370. The van der Waals surface area contributed by atoms with Crippen LogP contribution in [-0.2, 0) is 0 Å². The number of alkyl halides is 3. The maximum absolute atomic E-state index is 13.3. The fourth-order valence-electron chi connectivity index (χ4n) is 5.84. The Morgan fingerprint density at radius 1 is 1.05 bits per heavy atom. The fraction of sp³-hybridized carbons (Fsp3) is 0.500. The summed E-state index contributed by atoms with van der Waals surface area (Å²) in [7, 11) is 0. The van der Waals surface area contributed by atoms with E-state index in [1.807, 2.05) is 12.1 Å². The van der Waals surface area contributed by atoms with Crippen LogP contribution in [0.4, 0.5) is 24.7 Å². The van der Waals surface area contributed by atoms with E-state index in [2.05, 4.69) is 20.5 Å². The van der Waals surface area contributed by atoms with Gasteiger partial charge in [0.15, 0.2) is 5.78 Å². The Hall–Kier alpha value is -3.63. The van der Waals surface area contributed by atoms with Gasteiger partial charge in [-0.05, 0) is 75.3 Å². The number of ketones is 1. The zero-order valence-electron chi connectivity index (χ0n) is 21.7. The van der Waals surface area contributed by atoms with Crippen molar-refractivity contribution in [3.05, 3.63) is 52.7 Å². The molecule has 3 fully saturated rings. The molecular formula is C28H32F3N5O3. The first-order valence-corrected chi connectivity index (χ1v) is 13.3. The number of Topliss-reactive ketones (excluding diaryl/α,β-unsaturated/α-hetero) is 1. The van der Waals surface area contributed by atoms with E-state index in [9.17, 15) is 27.6 Å². The lowest BCUT2D eigenvalue weighted by Crippen LogP contribution is -2.50. The SMILES string of the molecule is Cc1cc(C(N)=O)c(NCCC(F)(F)F)cc1C(=O)NC1C[C@H]2CC[C@@H](C1)N2c1ccc(C(=O)C2CC2)cn1. The molecule has 2 amide bonds. The minimum atomic E-state index is -4.36. The van der Waals surface area contributed by atoms with Gasteiger partial charge in [0.05, 0.1) is 12.0 Å². The Bertz CT molecular complexity index is 1260. The number of carbonyl (C=O) groups excluding carboxylic acids is 3. The largest absolute Gasteiger partial charge is 0.390 e. The van der Waals surface area contributed by atoms with Crippen LogP contribution in [0.15, 0.2) is 30.5 Å². The summed E-state index contributed by atoms with van der Waals surface area (Å²) in [4.78, 5) is 44.3. The summed E-state index contributed by atoms with van der Waals surface area (Å²) in [6, 6.07) is 6.92. The summed E-state index contributed by atoms with van der Waals surface area (Å²) < 4.78 is 37.9. The molecule has 1 unspecified atom stereocenters. The van der Waals surface area contributed by atoms with Gasteiger partial charge in [-0.3, -0.25) is 14.4 Å². The number of aryl methyl sites for hydroxylation is 1. The van der Waals surface area contributed by atoms with Crippen molar-refractivity contribution in [3.63, 3.8) is 0 Å². The molecular weight excluding hydrogens is 511 g/mol. The number of primary amides is 1. The third kappa shape index (κ3) is 6.02. The summed E-state index contributed by atoms with van der Waals surface area (Å²) in [5.41, 5.74) is 7.01. The molecule has 1 aromatic heterocycles. The molecule has 2 aliphatic heterocycles. The van der Waals surface area contributed by atoms with Crippen molar-refractivity contribution in [2.75, 3.05) is 16.8 Å². The molecule has 0 radical (unpaired) electrons. The second-order valence-corrected chi connectivity index (χ2v) is 10.8. The van der Waals surface area contributed by atoms with Crippen LogP contribution >= 0.6 is 0 Å². The maximum atomic E-state index is 13.3. The lowest BCUT2D eigenvalue weighted by atomic mass is 9.95. The number of carbonyl (C=O) groups is 3. The molecule has 5 rings (SSSR count). The number of nitrogens with zero attached hydrogens (tertiary/aromatic N) is 2. The van der Waals surface area contributed by atoms with E-state index in [1.54, 1.807) is 13.1 Å². The summed E-state index contributed by atoms with van der Waals surface area (Å²) in [5, 5.41) is 5.70. The molecule has 1 saturated carbocycles. The van der Waals surface area contributed by atoms with Gasteiger partial charge < -0.3 is 21.3 Å². The smallest absolute Gasteiger partial charge is 0.384 e. The quantitative estimate of drug-likeness (QED) is 0.404. The van der Waals surface area contributed by atoms with Crippen molar-refractivity contribution in [1.29, 1.82) is 0 Å². The molecule has 2 bridgehead atoms. The van der Waals surface area contributed by atoms with Crippen LogP contribution in [0, 0.1) is 12.8 Å². The van der Waals surface area contributed by atoms with E-state index in [4.69, 9.17) is 5.73 Å². The minimum Gasteiger partial charge on any atom is -0.384 e. The molecule has 4 N–H and O–H groups in total. The van der Waals surface area contributed by atoms with E-state index in [-0.39, 0.29) is 52.5 Å². The summed E-state index contributed by atoms with van der Waals surface area (Å²) in [5.74, 6) is 0.0160. The molecule has 2 aromatic rings. The fourth-order valence-corrected chi connectivity index (χ4v) is 5.84. The third-order valence-electron chi connectivity index (χ3n) is 7.91. The van der Waals surface area contributed by atoms with Gasteiger partial charge in [-0.2, -0.15) is 13.2 Å². The molecule has 11 heteroatoms. The molecule has 8 nitrogen and oxygen atoms in total. The van der Waals surface area contributed by atoms with E-state index >= 15 is 0 Å². The number of piperidine rings is 1. The summed E-state index contributed by atoms with van der Waals surface area (Å²) in [6.45, 7) is 1.22. The third-order valence-corrected chi connectivity index (χ3v) is 7.91. The van der Waals surface area contributed by atoms with E-state index < -0.39 is 25.0 Å². The number of nitrogens with one attached hydrogen (secondary N) is 2. The van der Waals surface area contributed by atoms with Gasteiger partial charge in [0, 0.05) is 53.6 Å². The van der Waals surface area contributed by atoms with Crippen molar-refractivity contribution in [2.24, 2.45) is 11.7 Å². The summed E-state index contributed by atoms with van der Waals surface area (Å²) in [6.07, 6.45) is 1.53. The Morgan fingerprint density at radius 3 is 2.31 bits per heavy atom. The van der Waals surface area contributed by atoms with E-state index in [0.29, 0.717) is 11.1 Å². The zero-order chi connectivity index (χ0) is 27.9.